The van der Waals surface area contributed by atoms with Crippen LogP contribution in [0.2, 0.25) is 0 Å². The fourth-order valence-electron chi connectivity index (χ4n) is 12.4. The van der Waals surface area contributed by atoms with Crippen LogP contribution in [0, 0.1) is 57.2 Å². The lowest BCUT2D eigenvalue weighted by molar-refractivity contribution is -0.175. The zero-order valence-corrected chi connectivity index (χ0v) is 58.7. The quantitative estimate of drug-likeness (QED) is 0.0440. The molecule has 5 aliphatic heterocycles. The Hall–Kier alpha value is -6.36. The van der Waals surface area contributed by atoms with Gasteiger partial charge in [0.05, 0.1) is 78.9 Å². The van der Waals surface area contributed by atoms with Gasteiger partial charge in [-0.05, 0) is 162 Å². The Morgan fingerprint density at radius 3 is 1.50 bits per heavy atom. The van der Waals surface area contributed by atoms with E-state index in [9.17, 15) is 51.3 Å². The number of benzene rings is 3. The molecule has 3 saturated carbocycles. The van der Waals surface area contributed by atoms with Crippen LogP contribution in [0.3, 0.4) is 0 Å². The first-order valence-corrected chi connectivity index (χ1v) is 36.1. The fourth-order valence-corrected chi connectivity index (χ4v) is 14.8. The summed E-state index contributed by atoms with van der Waals surface area (Å²) in [7, 11) is -4.52. The van der Waals surface area contributed by atoms with Crippen molar-refractivity contribution in [1.29, 1.82) is 0 Å². The summed E-state index contributed by atoms with van der Waals surface area (Å²) in [5, 5.41) is 0. The molecule has 0 radical (unpaired) electrons. The van der Waals surface area contributed by atoms with E-state index in [0.29, 0.717) is 51.0 Å². The molecule has 94 heavy (non-hydrogen) atoms. The first-order chi connectivity index (χ1) is 44.2. The number of ether oxygens (including phenoxy) is 9. The maximum atomic E-state index is 12.5. The van der Waals surface area contributed by atoms with Gasteiger partial charge in [0, 0.05) is 18.3 Å². The van der Waals surface area contributed by atoms with Gasteiger partial charge >= 0.3 is 47.8 Å². The monoisotopic (exact) mass is 1350 g/mol. The number of carbonyl (C=O) groups excluding carboxylic acids is 8. The average Bonchev–Trinajstić information content (AvgIpc) is 1.56. The van der Waals surface area contributed by atoms with Gasteiger partial charge in [0.1, 0.15) is 30.5 Å². The lowest BCUT2D eigenvalue weighted by atomic mass is 9.78. The topological polar surface area (TPSA) is 277 Å². The maximum absolute atomic E-state index is 12.5. The van der Waals surface area contributed by atoms with Crippen LogP contribution in [-0.2, 0) is 102 Å². The SMILES string of the molecule is CCC(C)(C)C(=O)OC1(C(C)C)CCCC1.CCC(C)(C)C(=O)OC1C2CC3C(=O)OC1C3O2.CCC(C)(C)C(=O)OC1C2CC3C1OC(=O)C3C2C(=O)OCCS(=O)(=O)[O-].CCC(C)(C)C(=O)OC1CCOC1=O.c1ccc([S+](c2ccccc2)c2ccccc2)cc1. The molecular weight excluding hydrogens is 1250 g/mol. The molecule has 3 aromatic carbocycles. The second-order valence-corrected chi connectivity index (χ2v) is 32.0. The predicted octanol–water partition coefficient (Wildman–Crippen LogP) is 11.3. The van der Waals surface area contributed by atoms with Crippen LogP contribution in [0.1, 0.15) is 168 Å². The summed E-state index contributed by atoms with van der Waals surface area (Å²) in [5.74, 6) is -5.69. The largest absolute Gasteiger partial charge is 0.748 e. The minimum absolute atomic E-state index is 0.0146. The number of hydrogen-bond acceptors (Lipinski definition) is 20. The van der Waals surface area contributed by atoms with Gasteiger partial charge in [-0.25, -0.2) is 13.2 Å². The Kier molecular flexibility index (Phi) is 24.9. The summed E-state index contributed by atoms with van der Waals surface area (Å²) in [5.41, 5.74) is -2.26. The standard InChI is InChI=1S/C18H15S.C17H24O9S.C14H26O2.C13H18O5.C10H16O4/c1-4-10-16(11-5-1)19(17-12-6-2-7-13-17)18-14-8-3-9-15-18;1-4-17(2,3)16(20)26-13-8-7-9-11(15(19)25-12(9)13)10(8)14(18)24-5-6-27(21,22)23;1-6-13(4,5)12(15)16-14(11(2)3)9-7-8-10-14;1-4-13(2,3)12(15)18-9-7-5-6-8(16-7)10(9)17-11(6)14;1-4-10(2,3)9(12)14-7-5-6-13-8(7)11/h1-15H;8-13H,4-7H2,1-3H3,(H,21,22,23);11H,6-10H2,1-5H3;6-10H,4-5H2,1-3H3;7H,4-6H2,1-3H3/q+1;;;;/p-1. The minimum Gasteiger partial charge on any atom is -0.748 e. The minimum atomic E-state index is -4.51. The molecule has 3 aliphatic carbocycles. The normalized spacial score (nSPS) is 26.6. The summed E-state index contributed by atoms with van der Waals surface area (Å²) in [6.07, 6.45) is 5.68. The Morgan fingerprint density at radius 1 is 0.596 bits per heavy atom. The van der Waals surface area contributed by atoms with Gasteiger partial charge in [-0.1, -0.05) is 96.1 Å². The van der Waals surface area contributed by atoms with E-state index in [0.717, 1.165) is 19.3 Å². The molecule has 11 rings (SSSR count). The van der Waals surface area contributed by atoms with Crippen molar-refractivity contribution in [1.82, 2.24) is 0 Å². The number of esters is 8. The first-order valence-electron chi connectivity index (χ1n) is 33.3. The van der Waals surface area contributed by atoms with E-state index in [1.54, 1.807) is 27.7 Å². The van der Waals surface area contributed by atoms with Crippen molar-refractivity contribution in [3.63, 3.8) is 0 Å². The van der Waals surface area contributed by atoms with Crippen molar-refractivity contribution in [2.45, 2.75) is 231 Å². The Morgan fingerprint density at radius 2 is 1.05 bits per heavy atom. The molecule has 0 spiro atoms. The van der Waals surface area contributed by atoms with Gasteiger partial charge in [0.15, 0.2) is 26.9 Å². The van der Waals surface area contributed by atoms with Crippen LogP contribution in [0.5, 0.6) is 0 Å². The van der Waals surface area contributed by atoms with Crippen LogP contribution in [0.15, 0.2) is 106 Å². The highest BCUT2D eigenvalue weighted by atomic mass is 32.2. The van der Waals surface area contributed by atoms with E-state index in [1.165, 1.54) is 27.5 Å². The van der Waals surface area contributed by atoms with Gasteiger partial charge in [-0.2, -0.15) is 0 Å². The Labute approximate surface area is 557 Å². The third kappa shape index (κ3) is 17.6. The van der Waals surface area contributed by atoms with Crippen LogP contribution >= 0.6 is 0 Å². The second kappa shape index (κ2) is 31.2. The number of fused-ring (bicyclic) bond motifs is 2. The molecule has 12 unspecified atom stereocenters. The molecule has 5 heterocycles. The predicted molar refractivity (Wildman–Crippen MR) is 346 cm³/mol. The molecule has 22 heteroatoms. The van der Waals surface area contributed by atoms with Gasteiger partial charge in [-0.3, -0.25) is 33.6 Å². The summed E-state index contributed by atoms with van der Waals surface area (Å²) < 4.78 is 80.0. The summed E-state index contributed by atoms with van der Waals surface area (Å²) in [6, 6.07) is 32.2. The average molecular weight is 1350 g/mol. The molecule has 0 aromatic heterocycles. The van der Waals surface area contributed by atoms with Crippen LogP contribution in [-0.4, -0.2) is 128 Å². The van der Waals surface area contributed by atoms with Crippen molar-refractivity contribution in [3.8, 4) is 0 Å². The molecule has 5 saturated heterocycles. The summed E-state index contributed by atoms with van der Waals surface area (Å²) in [6.45, 7) is 26.6. The first kappa shape index (κ1) is 75.0. The van der Waals surface area contributed by atoms with Crippen molar-refractivity contribution < 1.29 is 94.0 Å². The van der Waals surface area contributed by atoms with Crippen LogP contribution in [0.4, 0.5) is 0 Å². The molecule has 0 N–H and O–H groups in total. The van der Waals surface area contributed by atoms with Crippen molar-refractivity contribution in [3.05, 3.63) is 91.0 Å². The highest BCUT2D eigenvalue weighted by Gasteiger charge is 2.70. The highest BCUT2D eigenvalue weighted by molar-refractivity contribution is 7.97. The van der Waals surface area contributed by atoms with Gasteiger partial charge < -0.3 is 47.2 Å². The molecule has 0 amide bonds. The van der Waals surface area contributed by atoms with Crippen molar-refractivity contribution in [2.75, 3.05) is 19.0 Å². The fraction of sp³-hybridized carbons (Fsp3) is 0.639. The third-order valence-corrected chi connectivity index (χ3v) is 23.2. The van der Waals surface area contributed by atoms with E-state index in [2.05, 4.69) is 105 Å². The molecule has 8 fully saturated rings. The highest BCUT2D eigenvalue weighted by Crippen LogP contribution is 2.59. The van der Waals surface area contributed by atoms with E-state index in [4.69, 9.17) is 42.6 Å². The van der Waals surface area contributed by atoms with E-state index < -0.39 is 111 Å². The smallest absolute Gasteiger partial charge is 0.347 e. The lowest BCUT2D eigenvalue weighted by Gasteiger charge is -2.36. The van der Waals surface area contributed by atoms with Gasteiger partial charge in [-0.15, -0.1) is 0 Å². The van der Waals surface area contributed by atoms with E-state index in [1.807, 2.05) is 55.4 Å². The summed E-state index contributed by atoms with van der Waals surface area (Å²) in [4.78, 5) is 99.6. The van der Waals surface area contributed by atoms with E-state index >= 15 is 0 Å². The van der Waals surface area contributed by atoms with Crippen LogP contribution in [0.25, 0.3) is 0 Å². The van der Waals surface area contributed by atoms with Crippen molar-refractivity contribution in [2.24, 2.45) is 57.2 Å². The number of rotatable bonds is 20. The molecular formula is C72H98O20S2. The van der Waals surface area contributed by atoms with Gasteiger partial charge in [0.2, 0.25) is 6.10 Å². The van der Waals surface area contributed by atoms with Crippen molar-refractivity contribution >= 4 is 68.8 Å². The summed E-state index contributed by atoms with van der Waals surface area (Å²) >= 11 is 0. The van der Waals surface area contributed by atoms with E-state index in [-0.39, 0.29) is 69.8 Å². The molecule has 12 atom stereocenters. The molecule has 20 nitrogen and oxygen atoms in total. The maximum Gasteiger partial charge on any atom is 0.347 e. The van der Waals surface area contributed by atoms with Crippen LogP contribution < -0.4 is 0 Å². The zero-order valence-electron chi connectivity index (χ0n) is 57.0. The molecule has 518 valence electrons. The number of hydrogen-bond donors (Lipinski definition) is 0. The third-order valence-electron chi connectivity index (χ3n) is 20.3. The van der Waals surface area contributed by atoms with Gasteiger partial charge in [0.25, 0.3) is 0 Å². The molecule has 8 aliphatic rings. The molecule has 3 aromatic rings. The number of cyclic esters (lactones) is 1. The molecule has 4 bridgehead atoms. The zero-order chi connectivity index (χ0) is 69.3. The lowest BCUT2D eigenvalue weighted by Crippen LogP contribution is -2.45. The Balaban J connectivity index is 0.000000170. The second-order valence-electron chi connectivity index (χ2n) is 28.4. The number of carbonyl (C=O) groups is 8. The Bertz CT molecular complexity index is 3140.